The number of morpholine rings is 1. The second kappa shape index (κ2) is 11.9. The second-order valence-electron chi connectivity index (χ2n) is 10.8. The summed E-state index contributed by atoms with van der Waals surface area (Å²) >= 11 is 0. The first-order valence-electron chi connectivity index (χ1n) is 13.8. The molecule has 0 aliphatic carbocycles. The lowest BCUT2D eigenvalue weighted by atomic mass is 9.80. The van der Waals surface area contributed by atoms with E-state index in [1.54, 1.807) is 30.0 Å². The van der Waals surface area contributed by atoms with Gasteiger partial charge in [-0.15, -0.1) is 0 Å². The Morgan fingerprint density at radius 1 is 0.875 bits per heavy atom. The number of nitrogens with one attached hydrogen (secondary N) is 1. The van der Waals surface area contributed by atoms with Crippen LogP contribution in [0.4, 0.5) is 8.78 Å². The van der Waals surface area contributed by atoms with Crippen molar-refractivity contribution < 1.29 is 23.1 Å². The Hall–Kier alpha value is -3.62. The molecule has 0 spiro atoms. The topological polar surface area (TPSA) is 61.9 Å². The zero-order valence-corrected chi connectivity index (χ0v) is 22.7. The molecule has 2 heterocycles. The van der Waals surface area contributed by atoms with Gasteiger partial charge in [-0.2, -0.15) is 0 Å². The maximum Gasteiger partial charge on any atom is 0.254 e. The molecule has 210 valence electrons. The van der Waals surface area contributed by atoms with Crippen LogP contribution in [-0.4, -0.2) is 60.9 Å². The SMILES string of the molecule is CC(=O)NC1(c2ccccc2)CCN(CCC2(c3ccc(F)c(F)c3)CN(C(=O)c3ccccc3)CCO2)CC1. The molecule has 0 bridgehead atoms. The van der Waals surface area contributed by atoms with Crippen LogP contribution >= 0.6 is 0 Å². The quantitative estimate of drug-likeness (QED) is 0.460. The van der Waals surface area contributed by atoms with Gasteiger partial charge in [0.1, 0.15) is 5.60 Å². The summed E-state index contributed by atoms with van der Waals surface area (Å²) < 4.78 is 34.6. The monoisotopic (exact) mass is 547 g/mol. The lowest BCUT2D eigenvalue weighted by molar-refractivity contribution is -0.122. The average molecular weight is 548 g/mol. The van der Waals surface area contributed by atoms with E-state index >= 15 is 0 Å². The number of amides is 2. The number of carbonyl (C=O) groups is 2. The zero-order valence-electron chi connectivity index (χ0n) is 22.7. The van der Waals surface area contributed by atoms with Crippen molar-refractivity contribution in [2.75, 3.05) is 39.3 Å². The van der Waals surface area contributed by atoms with Gasteiger partial charge in [-0.1, -0.05) is 54.6 Å². The Labute approximate surface area is 233 Å². The summed E-state index contributed by atoms with van der Waals surface area (Å²) in [4.78, 5) is 29.5. The zero-order chi connectivity index (χ0) is 28.2. The highest BCUT2D eigenvalue weighted by Gasteiger charge is 2.42. The molecule has 2 fully saturated rings. The third-order valence-corrected chi connectivity index (χ3v) is 8.22. The molecule has 1 atom stereocenters. The second-order valence-corrected chi connectivity index (χ2v) is 10.8. The maximum atomic E-state index is 14.4. The molecule has 5 rings (SSSR count). The van der Waals surface area contributed by atoms with E-state index in [9.17, 15) is 18.4 Å². The third kappa shape index (κ3) is 5.93. The molecule has 3 aromatic rings. The Bertz CT molecular complexity index is 1330. The van der Waals surface area contributed by atoms with Gasteiger partial charge in [-0.3, -0.25) is 9.59 Å². The first-order valence-corrected chi connectivity index (χ1v) is 13.8. The fourth-order valence-corrected chi connectivity index (χ4v) is 6.05. The van der Waals surface area contributed by atoms with E-state index in [2.05, 4.69) is 22.3 Å². The highest BCUT2D eigenvalue weighted by molar-refractivity contribution is 5.94. The number of nitrogens with zero attached hydrogens (tertiary/aromatic N) is 2. The number of benzene rings is 3. The van der Waals surface area contributed by atoms with Crippen LogP contribution in [0.3, 0.4) is 0 Å². The molecule has 40 heavy (non-hydrogen) atoms. The molecule has 0 aromatic heterocycles. The predicted molar refractivity (Wildman–Crippen MR) is 149 cm³/mol. The van der Waals surface area contributed by atoms with E-state index in [0.29, 0.717) is 30.6 Å². The van der Waals surface area contributed by atoms with Crippen molar-refractivity contribution in [2.45, 2.75) is 37.3 Å². The summed E-state index contributed by atoms with van der Waals surface area (Å²) in [6, 6.07) is 23.0. The number of hydrogen-bond donors (Lipinski definition) is 1. The first-order chi connectivity index (χ1) is 19.3. The highest BCUT2D eigenvalue weighted by Crippen LogP contribution is 2.37. The van der Waals surface area contributed by atoms with Gasteiger partial charge in [0.25, 0.3) is 5.91 Å². The number of likely N-dealkylation sites (tertiary alicyclic amines) is 1. The van der Waals surface area contributed by atoms with Crippen molar-refractivity contribution in [1.29, 1.82) is 0 Å². The first kappa shape index (κ1) is 27.9. The summed E-state index contributed by atoms with van der Waals surface area (Å²) in [6.07, 6.45) is 1.98. The lowest BCUT2D eigenvalue weighted by Crippen LogP contribution is -2.55. The minimum absolute atomic E-state index is 0.0617. The molecule has 2 aliphatic heterocycles. The van der Waals surface area contributed by atoms with Gasteiger partial charge in [0.15, 0.2) is 11.6 Å². The molecule has 1 N–H and O–H groups in total. The molecule has 2 saturated heterocycles. The van der Waals surface area contributed by atoms with E-state index in [1.165, 1.54) is 6.07 Å². The molecular formula is C32H35F2N3O3. The minimum Gasteiger partial charge on any atom is -0.367 e. The summed E-state index contributed by atoms with van der Waals surface area (Å²) in [6.45, 7) is 4.62. The fraction of sp³-hybridized carbons (Fsp3) is 0.375. The van der Waals surface area contributed by atoms with Gasteiger partial charge in [0.2, 0.25) is 5.91 Å². The van der Waals surface area contributed by atoms with Crippen LogP contribution < -0.4 is 5.32 Å². The smallest absolute Gasteiger partial charge is 0.254 e. The van der Waals surface area contributed by atoms with Crippen molar-refractivity contribution in [3.63, 3.8) is 0 Å². The van der Waals surface area contributed by atoms with Crippen LogP contribution in [0.2, 0.25) is 0 Å². The van der Waals surface area contributed by atoms with Gasteiger partial charge in [-0.05, 0) is 54.7 Å². The summed E-state index contributed by atoms with van der Waals surface area (Å²) in [7, 11) is 0. The number of halogens is 2. The number of carbonyl (C=O) groups excluding carboxylic acids is 2. The largest absolute Gasteiger partial charge is 0.367 e. The Kier molecular flexibility index (Phi) is 8.28. The minimum atomic E-state index is -0.983. The Balaban J connectivity index is 1.34. The lowest BCUT2D eigenvalue weighted by Gasteiger charge is -2.46. The number of piperidine rings is 1. The summed E-state index contributed by atoms with van der Waals surface area (Å²) in [5.41, 5.74) is 0.777. The van der Waals surface area contributed by atoms with Crippen molar-refractivity contribution in [2.24, 2.45) is 0 Å². The van der Waals surface area contributed by atoms with Gasteiger partial charge >= 0.3 is 0 Å². The third-order valence-electron chi connectivity index (χ3n) is 8.22. The Morgan fingerprint density at radius 2 is 1.55 bits per heavy atom. The number of ether oxygens (including phenoxy) is 1. The van der Waals surface area contributed by atoms with Crippen LogP contribution in [0.5, 0.6) is 0 Å². The molecule has 6 nitrogen and oxygen atoms in total. The maximum absolute atomic E-state index is 14.4. The molecule has 2 amide bonds. The van der Waals surface area contributed by atoms with Crippen LogP contribution in [0.25, 0.3) is 0 Å². The summed E-state index contributed by atoms with van der Waals surface area (Å²) in [5, 5.41) is 3.20. The number of rotatable bonds is 7. The van der Waals surface area contributed by atoms with Gasteiger partial charge in [0.05, 0.1) is 18.7 Å². The van der Waals surface area contributed by atoms with E-state index in [4.69, 9.17) is 4.74 Å². The normalized spacial score (nSPS) is 21.1. The van der Waals surface area contributed by atoms with Crippen LogP contribution in [-0.2, 0) is 20.7 Å². The molecule has 3 aromatic carbocycles. The van der Waals surface area contributed by atoms with Crippen LogP contribution in [0.15, 0.2) is 78.9 Å². The number of hydrogen-bond acceptors (Lipinski definition) is 4. The average Bonchev–Trinajstić information content (AvgIpc) is 2.98. The molecule has 1 unspecified atom stereocenters. The van der Waals surface area contributed by atoms with E-state index in [0.717, 1.165) is 37.6 Å². The van der Waals surface area contributed by atoms with Crippen molar-refractivity contribution in [1.82, 2.24) is 15.1 Å². The van der Waals surface area contributed by atoms with Gasteiger partial charge < -0.3 is 19.9 Å². The van der Waals surface area contributed by atoms with Crippen molar-refractivity contribution in [3.05, 3.63) is 107 Å². The molecule has 8 heteroatoms. The summed E-state index contributed by atoms with van der Waals surface area (Å²) in [5.74, 6) is -2.03. The van der Waals surface area contributed by atoms with Crippen molar-refractivity contribution >= 4 is 11.8 Å². The van der Waals surface area contributed by atoms with Crippen LogP contribution in [0.1, 0.15) is 47.7 Å². The molecule has 0 radical (unpaired) electrons. The van der Waals surface area contributed by atoms with E-state index in [-0.39, 0.29) is 25.0 Å². The van der Waals surface area contributed by atoms with Crippen LogP contribution in [0, 0.1) is 11.6 Å². The predicted octanol–water partition coefficient (Wildman–Crippen LogP) is 4.85. The molecule has 0 saturated carbocycles. The fourth-order valence-electron chi connectivity index (χ4n) is 6.05. The van der Waals surface area contributed by atoms with E-state index in [1.807, 2.05) is 36.4 Å². The van der Waals surface area contributed by atoms with Crippen molar-refractivity contribution in [3.8, 4) is 0 Å². The standard InChI is InChI=1S/C32H35F2N3O3/c1-24(38)35-31(26-10-6-3-7-11-26)14-17-36(18-15-31)19-16-32(27-12-13-28(33)29(34)22-27)23-37(20-21-40-32)30(39)25-8-4-2-5-9-25/h2-13,22H,14-21,23H2,1H3,(H,35,38). The van der Waals surface area contributed by atoms with Gasteiger partial charge in [-0.25, -0.2) is 8.78 Å². The van der Waals surface area contributed by atoms with Gasteiger partial charge in [0, 0.05) is 38.7 Å². The highest BCUT2D eigenvalue weighted by atomic mass is 19.2. The molecular weight excluding hydrogens is 512 g/mol. The molecule has 2 aliphatic rings. The van der Waals surface area contributed by atoms with E-state index < -0.39 is 22.8 Å². The Morgan fingerprint density at radius 3 is 2.20 bits per heavy atom.